The third kappa shape index (κ3) is 3.35. The number of nitrogens with zero attached hydrogens (tertiary/aromatic N) is 3. The Balaban J connectivity index is 1.82. The summed E-state index contributed by atoms with van der Waals surface area (Å²) in [4.78, 5) is 7.14. The lowest BCUT2D eigenvalue weighted by molar-refractivity contribution is 0.245. The molecule has 1 aromatic carbocycles. The predicted octanol–water partition coefficient (Wildman–Crippen LogP) is 3.54. The molecule has 3 aromatic rings. The molecule has 1 atom stereocenters. The van der Waals surface area contributed by atoms with Gasteiger partial charge in [0, 0.05) is 60.3 Å². The molecule has 0 saturated carbocycles. The smallest absolute Gasteiger partial charge is 0.175 e. The van der Waals surface area contributed by atoms with Crippen LogP contribution in [0.2, 0.25) is 0 Å². The van der Waals surface area contributed by atoms with Crippen LogP contribution < -0.4 is 0 Å². The van der Waals surface area contributed by atoms with Crippen molar-refractivity contribution in [2.45, 2.75) is 44.2 Å². The molecule has 5 nitrogen and oxygen atoms in total. The number of aromatic nitrogens is 2. The fraction of sp³-hybridized carbons (Fsp3) is 0.409. The summed E-state index contributed by atoms with van der Waals surface area (Å²) < 4.78 is 26.6. The first kappa shape index (κ1) is 19.2. The van der Waals surface area contributed by atoms with Crippen LogP contribution in [0.1, 0.15) is 35.5 Å². The van der Waals surface area contributed by atoms with Crippen LogP contribution in [0.15, 0.2) is 41.4 Å². The van der Waals surface area contributed by atoms with Gasteiger partial charge < -0.3 is 4.57 Å². The van der Waals surface area contributed by atoms with Crippen LogP contribution in [0.4, 0.5) is 0 Å². The van der Waals surface area contributed by atoms with Gasteiger partial charge in [-0.2, -0.15) is 0 Å². The Morgan fingerprint density at radius 3 is 2.68 bits per heavy atom. The summed E-state index contributed by atoms with van der Waals surface area (Å²) in [6.07, 6.45) is 5.11. The maximum absolute atomic E-state index is 12.1. The van der Waals surface area contributed by atoms with Crippen LogP contribution in [0.3, 0.4) is 0 Å². The van der Waals surface area contributed by atoms with Crippen molar-refractivity contribution in [2.75, 3.05) is 19.8 Å². The molecule has 1 unspecified atom stereocenters. The molecular weight excluding hydrogens is 370 g/mol. The normalized spacial score (nSPS) is 17.8. The Hall–Kier alpha value is -2.18. The Morgan fingerprint density at radius 2 is 2.00 bits per heavy atom. The lowest BCUT2D eigenvalue weighted by Gasteiger charge is -2.31. The average Bonchev–Trinajstić information content (AvgIpc) is 2.97. The SMILES string of the molecule is Cc1ccc(CCn2c3c(c4cc(S(C)(=O)=O)ccc42)C(C)N(C)CC3)cn1. The average molecular weight is 398 g/mol. The van der Waals surface area contributed by atoms with E-state index in [9.17, 15) is 8.42 Å². The number of benzene rings is 1. The summed E-state index contributed by atoms with van der Waals surface area (Å²) in [5.41, 5.74) is 5.98. The lowest BCUT2D eigenvalue weighted by atomic mass is 9.97. The summed E-state index contributed by atoms with van der Waals surface area (Å²) in [6, 6.07) is 10.0. The van der Waals surface area contributed by atoms with Crippen molar-refractivity contribution < 1.29 is 8.42 Å². The van der Waals surface area contributed by atoms with E-state index in [2.05, 4.69) is 34.5 Å². The molecule has 0 amide bonds. The van der Waals surface area contributed by atoms with Crippen molar-refractivity contribution in [3.63, 3.8) is 0 Å². The Labute approximate surface area is 166 Å². The maximum Gasteiger partial charge on any atom is 0.175 e. The van der Waals surface area contributed by atoms with E-state index in [1.54, 1.807) is 6.07 Å². The largest absolute Gasteiger partial charge is 0.344 e. The first-order valence-corrected chi connectivity index (χ1v) is 11.6. The number of sulfone groups is 1. The zero-order chi connectivity index (χ0) is 20.1. The first-order chi connectivity index (χ1) is 13.3. The van der Waals surface area contributed by atoms with E-state index in [4.69, 9.17) is 0 Å². The minimum atomic E-state index is -3.23. The quantitative estimate of drug-likeness (QED) is 0.676. The van der Waals surface area contributed by atoms with Gasteiger partial charge in [0.2, 0.25) is 0 Å². The molecule has 148 valence electrons. The molecule has 3 heterocycles. The topological polar surface area (TPSA) is 55.2 Å². The highest BCUT2D eigenvalue weighted by molar-refractivity contribution is 7.90. The zero-order valence-electron chi connectivity index (χ0n) is 16.9. The summed E-state index contributed by atoms with van der Waals surface area (Å²) in [7, 11) is -1.10. The zero-order valence-corrected chi connectivity index (χ0v) is 17.8. The third-order valence-electron chi connectivity index (χ3n) is 5.99. The molecule has 2 aromatic heterocycles. The van der Waals surface area contributed by atoms with Gasteiger partial charge in [-0.15, -0.1) is 0 Å². The van der Waals surface area contributed by atoms with Gasteiger partial charge in [0.15, 0.2) is 9.84 Å². The van der Waals surface area contributed by atoms with Crippen molar-refractivity contribution in [3.8, 4) is 0 Å². The van der Waals surface area contributed by atoms with Gasteiger partial charge in [0.25, 0.3) is 0 Å². The lowest BCUT2D eigenvalue weighted by Crippen LogP contribution is -2.31. The van der Waals surface area contributed by atoms with E-state index in [0.717, 1.165) is 42.5 Å². The Kier molecular flexibility index (Phi) is 4.79. The van der Waals surface area contributed by atoms with E-state index in [1.165, 1.54) is 23.1 Å². The number of rotatable bonds is 4. The second kappa shape index (κ2) is 7.01. The van der Waals surface area contributed by atoms with Gasteiger partial charge in [-0.25, -0.2) is 8.42 Å². The molecule has 1 aliphatic rings. The molecule has 0 bridgehead atoms. The van der Waals surface area contributed by atoms with Gasteiger partial charge in [0.05, 0.1) is 4.90 Å². The number of hydrogen-bond donors (Lipinski definition) is 0. The number of aryl methyl sites for hydroxylation is 3. The molecule has 6 heteroatoms. The van der Waals surface area contributed by atoms with Crippen molar-refractivity contribution in [1.82, 2.24) is 14.5 Å². The highest BCUT2D eigenvalue weighted by Crippen LogP contribution is 2.38. The monoisotopic (exact) mass is 397 g/mol. The van der Waals surface area contributed by atoms with E-state index < -0.39 is 9.84 Å². The summed E-state index contributed by atoms with van der Waals surface area (Å²) in [5, 5.41) is 1.07. The summed E-state index contributed by atoms with van der Waals surface area (Å²) >= 11 is 0. The summed E-state index contributed by atoms with van der Waals surface area (Å²) in [5.74, 6) is 0. The molecule has 4 rings (SSSR count). The molecule has 0 spiro atoms. The van der Waals surface area contributed by atoms with E-state index in [1.807, 2.05) is 31.3 Å². The van der Waals surface area contributed by atoms with E-state index in [0.29, 0.717) is 4.90 Å². The van der Waals surface area contributed by atoms with Gasteiger partial charge in [-0.3, -0.25) is 9.88 Å². The predicted molar refractivity (Wildman–Crippen MR) is 112 cm³/mol. The fourth-order valence-electron chi connectivity index (χ4n) is 4.22. The fourth-order valence-corrected chi connectivity index (χ4v) is 4.87. The Bertz CT molecular complexity index is 1130. The van der Waals surface area contributed by atoms with Gasteiger partial charge in [-0.05, 0) is 62.7 Å². The van der Waals surface area contributed by atoms with Gasteiger partial charge in [-0.1, -0.05) is 6.07 Å². The van der Waals surface area contributed by atoms with Crippen LogP contribution in [-0.2, 0) is 29.2 Å². The molecule has 0 fully saturated rings. The number of fused-ring (bicyclic) bond motifs is 3. The first-order valence-electron chi connectivity index (χ1n) is 9.72. The van der Waals surface area contributed by atoms with Crippen LogP contribution in [0.25, 0.3) is 10.9 Å². The standard InChI is InChI=1S/C22H27N3O2S/c1-15-5-6-17(14-23-15)9-12-25-20-8-7-18(28(4,26)27)13-19(20)22-16(2)24(3)11-10-21(22)25/h5-8,13-14,16H,9-12H2,1-4H3. The maximum atomic E-state index is 12.1. The van der Waals surface area contributed by atoms with Crippen molar-refractivity contribution in [1.29, 1.82) is 0 Å². The second-order valence-electron chi connectivity index (χ2n) is 7.93. The van der Waals surface area contributed by atoms with Crippen molar-refractivity contribution >= 4 is 20.7 Å². The Morgan fingerprint density at radius 1 is 1.21 bits per heavy atom. The number of likely N-dealkylation sites (N-methyl/N-ethyl adjacent to an activating group) is 1. The van der Waals surface area contributed by atoms with Crippen LogP contribution >= 0.6 is 0 Å². The second-order valence-corrected chi connectivity index (χ2v) is 9.94. The van der Waals surface area contributed by atoms with E-state index in [-0.39, 0.29) is 6.04 Å². The van der Waals surface area contributed by atoms with E-state index >= 15 is 0 Å². The molecule has 1 aliphatic heterocycles. The number of hydrogen-bond acceptors (Lipinski definition) is 4. The summed E-state index contributed by atoms with van der Waals surface area (Å²) in [6.45, 7) is 6.08. The molecule has 0 radical (unpaired) electrons. The highest BCUT2D eigenvalue weighted by atomic mass is 32.2. The minimum absolute atomic E-state index is 0.267. The number of pyridine rings is 1. The minimum Gasteiger partial charge on any atom is -0.344 e. The van der Waals surface area contributed by atoms with Gasteiger partial charge in [0.1, 0.15) is 0 Å². The van der Waals surface area contributed by atoms with Crippen LogP contribution in [-0.4, -0.2) is 42.7 Å². The highest BCUT2D eigenvalue weighted by Gasteiger charge is 2.28. The molecule has 0 aliphatic carbocycles. The molecule has 28 heavy (non-hydrogen) atoms. The van der Waals surface area contributed by atoms with Crippen molar-refractivity contribution in [3.05, 3.63) is 59.0 Å². The van der Waals surface area contributed by atoms with Gasteiger partial charge >= 0.3 is 0 Å². The third-order valence-corrected chi connectivity index (χ3v) is 7.10. The van der Waals surface area contributed by atoms with Crippen molar-refractivity contribution in [2.24, 2.45) is 0 Å². The molecule has 0 N–H and O–H groups in total. The molecular formula is C22H27N3O2S. The van der Waals surface area contributed by atoms with Crippen LogP contribution in [0, 0.1) is 6.92 Å². The van der Waals surface area contributed by atoms with Crippen LogP contribution in [0.5, 0.6) is 0 Å². The molecule has 0 saturated heterocycles.